The van der Waals surface area contributed by atoms with Crippen LogP contribution in [-0.4, -0.2) is 46.7 Å². The van der Waals surface area contributed by atoms with E-state index < -0.39 is 0 Å². The maximum Gasteiger partial charge on any atom is 0.410 e. The molecule has 0 saturated heterocycles. The lowest BCUT2D eigenvalue weighted by Crippen LogP contribution is -2.36. The first-order valence-corrected chi connectivity index (χ1v) is 12.6. The Hall–Kier alpha value is -3.84. The summed E-state index contributed by atoms with van der Waals surface area (Å²) in [6, 6.07) is 9.90. The van der Waals surface area contributed by atoms with Crippen LogP contribution < -0.4 is 10.1 Å². The van der Waals surface area contributed by atoms with Gasteiger partial charge in [0.05, 0.1) is 37.8 Å². The summed E-state index contributed by atoms with van der Waals surface area (Å²) in [5, 5.41) is 13.2. The van der Waals surface area contributed by atoms with Gasteiger partial charge < -0.3 is 24.3 Å². The first-order chi connectivity index (χ1) is 17.4. The number of aryl methyl sites for hydroxylation is 1. The van der Waals surface area contributed by atoms with E-state index in [-0.39, 0.29) is 30.9 Å². The average molecular weight is 508 g/mol. The maximum atomic E-state index is 12.8. The second-order valence-corrected chi connectivity index (χ2v) is 9.89. The molecule has 3 aromatic rings. The van der Waals surface area contributed by atoms with Gasteiger partial charge in [-0.1, -0.05) is 19.1 Å². The molecule has 0 radical (unpaired) electrons. The topological polar surface area (TPSA) is 109 Å². The Morgan fingerprint density at radius 1 is 1.36 bits per heavy atom. The summed E-state index contributed by atoms with van der Waals surface area (Å²) < 4.78 is 12.6. The Balaban J connectivity index is 1.35. The number of fused-ring (bicyclic) bond motifs is 1. The van der Waals surface area contributed by atoms with Crippen molar-refractivity contribution in [1.82, 2.24) is 14.5 Å². The molecule has 4 rings (SSSR count). The first kappa shape index (κ1) is 25.3. The van der Waals surface area contributed by atoms with Crippen LogP contribution in [0.25, 0.3) is 0 Å². The van der Waals surface area contributed by atoms with E-state index in [0.717, 1.165) is 27.4 Å². The number of anilines is 1. The van der Waals surface area contributed by atoms with Crippen LogP contribution >= 0.6 is 11.3 Å². The summed E-state index contributed by atoms with van der Waals surface area (Å²) in [5.74, 6) is 0.570. The minimum absolute atomic E-state index is 0.0169. The van der Waals surface area contributed by atoms with Crippen LogP contribution in [0.3, 0.4) is 0 Å². The molecule has 1 unspecified atom stereocenters. The molecule has 1 atom stereocenters. The van der Waals surface area contributed by atoms with Gasteiger partial charge >= 0.3 is 6.09 Å². The highest BCUT2D eigenvalue weighted by molar-refractivity contribution is 7.16. The Morgan fingerprint density at radius 3 is 2.92 bits per heavy atom. The number of nitriles is 1. The maximum absolute atomic E-state index is 12.8. The molecule has 1 aliphatic heterocycles. The largest absolute Gasteiger partial charge is 0.497 e. The number of amides is 2. The van der Waals surface area contributed by atoms with Gasteiger partial charge in [-0.25, -0.2) is 9.78 Å². The van der Waals surface area contributed by atoms with E-state index in [4.69, 9.17) is 9.47 Å². The van der Waals surface area contributed by atoms with E-state index in [1.165, 1.54) is 11.3 Å². The van der Waals surface area contributed by atoms with Crippen LogP contribution in [0.15, 0.2) is 36.8 Å². The van der Waals surface area contributed by atoms with Crippen molar-refractivity contribution < 1.29 is 19.1 Å². The van der Waals surface area contributed by atoms with Crippen molar-refractivity contribution in [2.24, 2.45) is 0 Å². The van der Waals surface area contributed by atoms with Gasteiger partial charge in [0.15, 0.2) is 0 Å². The molecule has 2 amide bonds. The molecular weight excluding hydrogens is 478 g/mol. The molecule has 9 nitrogen and oxygen atoms in total. The second-order valence-electron chi connectivity index (χ2n) is 8.79. The number of aromatic nitrogens is 2. The number of ether oxygens (including phenoxy) is 2. The molecule has 0 aliphatic carbocycles. The number of carbonyl (C=O) groups is 2. The van der Waals surface area contributed by atoms with Crippen LogP contribution in [-0.2, 0) is 29.0 Å². The summed E-state index contributed by atoms with van der Waals surface area (Å²) in [4.78, 5) is 32.1. The fraction of sp³-hybridized carbons (Fsp3) is 0.385. The lowest BCUT2D eigenvalue weighted by atomic mass is 9.97. The van der Waals surface area contributed by atoms with Gasteiger partial charge in [0, 0.05) is 24.0 Å². The highest BCUT2D eigenvalue weighted by atomic mass is 32.1. The van der Waals surface area contributed by atoms with Crippen molar-refractivity contribution in [3.8, 4) is 11.8 Å². The molecule has 0 bridgehead atoms. The third-order valence-electron chi connectivity index (χ3n) is 6.17. The molecule has 1 aromatic carbocycles. The number of rotatable bonds is 8. The van der Waals surface area contributed by atoms with Gasteiger partial charge in [0.2, 0.25) is 5.91 Å². The number of thiophene rings is 1. The van der Waals surface area contributed by atoms with Crippen molar-refractivity contribution in [2.75, 3.05) is 25.6 Å². The molecule has 188 valence electrons. The predicted octanol–water partition coefficient (Wildman–Crippen LogP) is 4.46. The van der Waals surface area contributed by atoms with E-state index in [1.54, 1.807) is 18.3 Å². The van der Waals surface area contributed by atoms with Gasteiger partial charge in [-0.2, -0.15) is 5.26 Å². The van der Waals surface area contributed by atoms with Crippen molar-refractivity contribution in [2.45, 2.75) is 45.7 Å². The van der Waals surface area contributed by atoms with Gasteiger partial charge in [-0.15, -0.1) is 11.3 Å². The lowest BCUT2D eigenvalue weighted by Gasteiger charge is -2.26. The van der Waals surface area contributed by atoms with Crippen molar-refractivity contribution in [1.29, 1.82) is 5.26 Å². The number of nitrogens with one attached hydrogen (secondary N) is 1. The third kappa shape index (κ3) is 5.86. The number of hydrogen-bond donors (Lipinski definition) is 1. The smallest absolute Gasteiger partial charge is 0.410 e. The number of methoxy groups -OCH3 is 1. The van der Waals surface area contributed by atoms with E-state index >= 15 is 0 Å². The van der Waals surface area contributed by atoms with Crippen molar-refractivity contribution >= 4 is 28.3 Å². The van der Waals surface area contributed by atoms with E-state index in [2.05, 4.69) is 16.4 Å². The summed E-state index contributed by atoms with van der Waals surface area (Å²) in [6.45, 7) is 5.49. The predicted molar refractivity (Wildman–Crippen MR) is 136 cm³/mol. The number of nitrogens with zero attached hydrogens (tertiary/aromatic N) is 4. The third-order valence-corrected chi connectivity index (χ3v) is 7.30. The Bertz CT molecular complexity index is 1290. The SMILES string of the molecule is COc1cccc(C(C)CC(=O)Nc2sc3c(c2C#N)CCN(C(=O)OCCn2cnc(C)c2)C3)c1. The Kier molecular flexibility index (Phi) is 7.90. The standard InChI is InChI=1S/C26H29N5O4S/c1-17(19-5-4-6-20(12-19)34-3)11-24(32)29-25-22(13-27)21-7-8-31(15-23(21)36-25)26(33)35-10-9-30-14-18(2)28-16-30/h4-6,12,14,16-17H,7-11,15H2,1-3H3,(H,29,32). The zero-order valence-corrected chi connectivity index (χ0v) is 21.4. The highest BCUT2D eigenvalue weighted by Gasteiger charge is 2.28. The van der Waals surface area contributed by atoms with Crippen LogP contribution in [0.2, 0.25) is 0 Å². The average Bonchev–Trinajstić information content (AvgIpc) is 3.45. The molecule has 1 N–H and O–H groups in total. The van der Waals surface area contributed by atoms with Gasteiger partial charge in [-0.05, 0) is 42.5 Å². The number of carbonyl (C=O) groups excluding carboxylic acids is 2. The molecule has 0 saturated carbocycles. The van der Waals surface area contributed by atoms with E-state index in [9.17, 15) is 14.9 Å². The van der Waals surface area contributed by atoms with Crippen LogP contribution in [0.1, 0.15) is 46.5 Å². The number of benzene rings is 1. The lowest BCUT2D eigenvalue weighted by molar-refractivity contribution is -0.116. The van der Waals surface area contributed by atoms with Gasteiger partial charge in [-0.3, -0.25) is 4.79 Å². The Morgan fingerprint density at radius 2 is 2.19 bits per heavy atom. The molecule has 36 heavy (non-hydrogen) atoms. The molecule has 0 spiro atoms. The fourth-order valence-electron chi connectivity index (χ4n) is 4.21. The quantitative estimate of drug-likeness (QED) is 0.482. The normalized spacial score (nSPS) is 13.4. The fourth-order valence-corrected chi connectivity index (χ4v) is 5.44. The zero-order chi connectivity index (χ0) is 25.7. The minimum atomic E-state index is -0.387. The summed E-state index contributed by atoms with van der Waals surface area (Å²) in [6.07, 6.45) is 4.03. The molecule has 1 aliphatic rings. The molecule has 2 aromatic heterocycles. The van der Waals surface area contributed by atoms with Crippen LogP contribution in [0.5, 0.6) is 5.75 Å². The molecule has 0 fully saturated rings. The highest BCUT2D eigenvalue weighted by Crippen LogP contribution is 2.37. The van der Waals surface area contributed by atoms with E-state index in [0.29, 0.717) is 36.6 Å². The Labute approximate surface area is 214 Å². The summed E-state index contributed by atoms with van der Waals surface area (Å²) in [5.41, 5.74) is 3.30. The molecule has 10 heteroatoms. The van der Waals surface area contributed by atoms with Crippen molar-refractivity contribution in [3.63, 3.8) is 0 Å². The number of hydrogen-bond acceptors (Lipinski definition) is 7. The van der Waals surface area contributed by atoms with Gasteiger partial charge in [0.25, 0.3) is 0 Å². The molecular formula is C26H29N5O4S. The summed E-state index contributed by atoms with van der Waals surface area (Å²) >= 11 is 1.35. The molecule has 3 heterocycles. The van der Waals surface area contributed by atoms with Crippen LogP contribution in [0.4, 0.5) is 9.80 Å². The minimum Gasteiger partial charge on any atom is -0.497 e. The first-order valence-electron chi connectivity index (χ1n) is 11.8. The van der Waals surface area contributed by atoms with Crippen molar-refractivity contribution in [3.05, 3.63) is 64.1 Å². The second kappa shape index (κ2) is 11.3. The van der Waals surface area contributed by atoms with Gasteiger partial charge in [0.1, 0.15) is 23.4 Å². The number of imidazole rings is 1. The monoisotopic (exact) mass is 507 g/mol. The van der Waals surface area contributed by atoms with Crippen LogP contribution in [0, 0.1) is 18.3 Å². The van der Waals surface area contributed by atoms with E-state index in [1.807, 2.05) is 48.9 Å². The summed E-state index contributed by atoms with van der Waals surface area (Å²) in [7, 11) is 1.61. The zero-order valence-electron chi connectivity index (χ0n) is 20.6.